The molecular formula is C17H14ClN3O2S. The van der Waals surface area contributed by atoms with Crippen LogP contribution in [0.4, 0.5) is 0 Å². The number of hydrogen-bond acceptors (Lipinski definition) is 5. The molecule has 24 heavy (non-hydrogen) atoms. The molecule has 0 saturated carbocycles. The molecule has 0 spiro atoms. The molecule has 1 heterocycles. The van der Waals surface area contributed by atoms with E-state index in [0.29, 0.717) is 10.6 Å². The zero-order valence-corrected chi connectivity index (χ0v) is 14.3. The molecule has 0 saturated heterocycles. The van der Waals surface area contributed by atoms with E-state index >= 15 is 0 Å². The first-order chi connectivity index (χ1) is 11.6. The van der Waals surface area contributed by atoms with Gasteiger partial charge in [0.15, 0.2) is 11.5 Å². The van der Waals surface area contributed by atoms with Gasteiger partial charge in [-0.25, -0.2) is 4.68 Å². The summed E-state index contributed by atoms with van der Waals surface area (Å²) in [7, 11) is 1.70. The number of aromatic hydroxyl groups is 2. The van der Waals surface area contributed by atoms with E-state index in [4.69, 9.17) is 11.6 Å². The quantitative estimate of drug-likeness (QED) is 0.553. The van der Waals surface area contributed by atoms with Crippen molar-refractivity contribution in [2.24, 2.45) is 10.1 Å². The third kappa shape index (κ3) is 3.34. The minimum absolute atomic E-state index is 0.165. The molecule has 0 amide bonds. The Morgan fingerprint density at radius 1 is 1.08 bits per heavy atom. The summed E-state index contributed by atoms with van der Waals surface area (Å²) in [5.41, 5.74) is 2.51. The number of benzene rings is 2. The fraction of sp³-hybridized carbons (Fsp3) is 0.0588. The van der Waals surface area contributed by atoms with Crippen LogP contribution in [-0.4, -0.2) is 28.2 Å². The lowest BCUT2D eigenvalue weighted by atomic mass is 10.2. The summed E-state index contributed by atoms with van der Waals surface area (Å²) in [6, 6.07) is 12.0. The average Bonchev–Trinajstić information content (AvgIpc) is 2.99. The van der Waals surface area contributed by atoms with Crippen molar-refractivity contribution in [1.82, 2.24) is 4.68 Å². The van der Waals surface area contributed by atoms with Crippen LogP contribution in [-0.2, 0) is 0 Å². The maximum Gasteiger partial charge on any atom is 0.205 e. The van der Waals surface area contributed by atoms with Crippen molar-refractivity contribution < 1.29 is 10.2 Å². The van der Waals surface area contributed by atoms with E-state index in [1.54, 1.807) is 24.0 Å². The predicted octanol–water partition coefficient (Wildman–Crippen LogP) is 3.69. The van der Waals surface area contributed by atoms with Gasteiger partial charge in [-0.2, -0.15) is 5.10 Å². The van der Waals surface area contributed by atoms with E-state index in [1.807, 2.05) is 29.6 Å². The van der Waals surface area contributed by atoms with Crippen molar-refractivity contribution in [1.29, 1.82) is 0 Å². The molecule has 0 atom stereocenters. The van der Waals surface area contributed by atoms with E-state index in [1.165, 1.54) is 23.5 Å². The number of phenols is 2. The Hall–Kier alpha value is -2.57. The van der Waals surface area contributed by atoms with Crippen LogP contribution in [0, 0.1) is 0 Å². The molecule has 3 rings (SSSR count). The minimum Gasteiger partial charge on any atom is -0.504 e. The number of rotatable bonds is 3. The Morgan fingerprint density at radius 3 is 2.50 bits per heavy atom. The highest BCUT2D eigenvalue weighted by atomic mass is 35.5. The Balaban J connectivity index is 2.03. The van der Waals surface area contributed by atoms with Crippen LogP contribution in [0.25, 0.3) is 11.3 Å². The first-order valence-corrected chi connectivity index (χ1v) is 8.30. The number of phenolic OH excluding ortho intramolecular Hbond substituents is 2. The Bertz CT molecular complexity index is 959. The fourth-order valence-electron chi connectivity index (χ4n) is 2.13. The molecule has 122 valence electrons. The average molecular weight is 360 g/mol. The van der Waals surface area contributed by atoms with Crippen molar-refractivity contribution in [2.75, 3.05) is 7.05 Å². The first-order valence-electron chi connectivity index (χ1n) is 7.04. The second-order valence-corrected chi connectivity index (χ2v) is 6.21. The highest BCUT2D eigenvalue weighted by Crippen LogP contribution is 2.25. The minimum atomic E-state index is -0.187. The van der Waals surface area contributed by atoms with Gasteiger partial charge in [-0.05, 0) is 35.9 Å². The molecule has 1 aromatic heterocycles. The van der Waals surface area contributed by atoms with E-state index in [0.717, 1.165) is 16.1 Å². The Labute approximate surface area is 147 Å². The number of aromatic nitrogens is 1. The van der Waals surface area contributed by atoms with E-state index < -0.39 is 0 Å². The Kier molecular flexibility index (Phi) is 4.69. The monoisotopic (exact) mass is 359 g/mol. The molecule has 0 aliphatic carbocycles. The largest absolute Gasteiger partial charge is 0.504 e. The molecule has 0 aliphatic heterocycles. The highest BCUT2D eigenvalue weighted by molar-refractivity contribution is 7.07. The van der Waals surface area contributed by atoms with Crippen LogP contribution in [0.2, 0.25) is 5.02 Å². The summed E-state index contributed by atoms with van der Waals surface area (Å²) in [5.74, 6) is -0.353. The van der Waals surface area contributed by atoms with Gasteiger partial charge in [0.1, 0.15) is 0 Å². The smallest absolute Gasteiger partial charge is 0.205 e. The molecule has 0 bridgehead atoms. The molecular weight excluding hydrogens is 346 g/mol. The standard InChI is InChI=1S/C17H14ClN3O2S/c1-19-17-21(20-9-11-2-7-15(22)16(23)8-11)14(10-24-17)12-3-5-13(18)6-4-12/h2-10,22-23H,1H3. The van der Waals surface area contributed by atoms with E-state index in [-0.39, 0.29) is 11.5 Å². The fourth-order valence-corrected chi connectivity index (χ4v) is 3.06. The van der Waals surface area contributed by atoms with Gasteiger partial charge in [0.25, 0.3) is 0 Å². The lowest BCUT2D eigenvalue weighted by molar-refractivity contribution is 0.403. The number of thiazole rings is 1. The summed E-state index contributed by atoms with van der Waals surface area (Å²) in [6.45, 7) is 0. The van der Waals surface area contributed by atoms with Crippen molar-refractivity contribution in [3.8, 4) is 22.8 Å². The van der Waals surface area contributed by atoms with Crippen LogP contribution >= 0.6 is 22.9 Å². The predicted molar refractivity (Wildman–Crippen MR) is 97.0 cm³/mol. The molecule has 2 N–H and O–H groups in total. The molecule has 7 heteroatoms. The zero-order valence-electron chi connectivity index (χ0n) is 12.7. The van der Waals surface area contributed by atoms with Crippen molar-refractivity contribution in [3.63, 3.8) is 0 Å². The SMILES string of the molecule is CN=c1scc(-c2ccc(Cl)cc2)n1N=Cc1ccc(O)c(O)c1. The number of nitrogens with zero attached hydrogens (tertiary/aromatic N) is 3. The van der Waals surface area contributed by atoms with E-state index in [2.05, 4.69) is 10.1 Å². The first kappa shape index (κ1) is 16.3. The molecule has 0 unspecified atom stereocenters. The molecule has 3 aromatic rings. The Morgan fingerprint density at radius 2 is 1.83 bits per heavy atom. The van der Waals surface area contributed by atoms with Gasteiger partial charge in [0.05, 0.1) is 11.9 Å². The zero-order chi connectivity index (χ0) is 17.1. The number of halogens is 1. The highest BCUT2D eigenvalue weighted by Gasteiger charge is 2.07. The van der Waals surface area contributed by atoms with Gasteiger partial charge in [-0.3, -0.25) is 4.99 Å². The normalized spacial score (nSPS) is 12.2. The molecule has 2 aromatic carbocycles. The summed E-state index contributed by atoms with van der Waals surface area (Å²) in [6.07, 6.45) is 1.60. The van der Waals surface area contributed by atoms with Gasteiger partial charge < -0.3 is 10.2 Å². The van der Waals surface area contributed by atoms with Gasteiger partial charge in [0, 0.05) is 23.0 Å². The van der Waals surface area contributed by atoms with Gasteiger partial charge in [-0.15, -0.1) is 11.3 Å². The maximum absolute atomic E-state index is 9.57. The van der Waals surface area contributed by atoms with Crippen molar-refractivity contribution in [3.05, 3.63) is 63.2 Å². The van der Waals surface area contributed by atoms with Crippen LogP contribution in [0.1, 0.15) is 5.56 Å². The second kappa shape index (κ2) is 6.90. The third-order valence-corrected chi connectivity index (χ3v) is 4.50. The molecule has 0 aliphatic rings. The van der Waals surface area contributed by atoms with Crippen LogP contribution < -0.4 is 4.80 Å². The van der Waals surface area contributed by atoms with Crippen molar-refractivity contribution >= 4 is 29.2 Å². The van der Waals surface area contributed by atoms with E-state index in [9.17, 15) is 10.2 Å². The molecule has 0 fully saturated rings. The molecule has 0 radical (unpaired) electrons. The van der Waals surface area contributed by atoms with Crippen LogP contribution in [0.3, 0.4) is 0 Å². The lowest BCUT2D eigenvalue weighted by Gasteiger charge is -2.04. The summed E-state index contributed by atoms with van der Waals surface area (Å²) in [4.78, 5) is 4.97. The summed E-state index contributed by atoms with van der Waals surface area (Å²) in [5, 5.41) is 26.0. The summed E-state index contributed by atoms with van der Waals surface area (Å²) >= 11 is 7.42. The number of hydrogen-bond donors (Lipinski definition) is 2. The van der Waals surface area contributed by atoms with Crippen molar-refractivity contribution in [2.45, 2.75) is 0 Å². The topological polar surface area (TPSA) is 70.1 Å². The second-order valence-electron chi connectivity index (χ2n) is 4.94. The lowest BCUT2D eigenvalue weighted by Crippen LogP contribution is -2.11. The van der Waals surface area contributed by atoms with Crippen LogP contribution in [0.5, 0.6) is 11.5 Å². The maximum atomic E-state index is 9.57. The van der Waals surface area contributed by atoms with Gasteiger partial charge >= 0.3 is 0 Å². The summed E-state index contributed by atoms with van der Waals surface area (Å²) < 4.78 is 1.72. The van der Waals surface area contributed by atoms with Gasteiger partial charge in [0.2, 0.25) is 4.80 Å². The molecule has 5 nitrogen and oxygen atoms in total. The van der Waals surface area contributed by atoms with Crippen LogP contribution in [0.15, 0.2) is 57.9 Å². The third-order valence-electron chi connectivity index (χ3n) is 3.34. The van der Waals surface area contributed by atoms with Gasteiger partial charge in [-0.1, -0.05) is 23.7 Å².